The number of amides is 2. The van der Waals surface area contributed by atoms with E-state index in [2.05, 4.69) is 0 Å². The average molecular weight is 422 g/mol. The molecule has 0 bridgehead atoms. The minimum absolute atomic E-state index is 0.112. The molecule has 0 aromatic heterocycles. The van der Waals surface area contributed by atoms with Crippen molar-refractivity contribution in [1.82, 2.24) is 0 Å². The topological polar surface area (TPSA) is 80.8 Å². The second-order valence-electron chi connectivity index (χ2n) is 6.47. The Morgan fingerprint density at radius 3 is 2.39 bits per heavy atom. The van der Waals surface area contributed by atoms with Crippen molar-refractivity contribution >= 4 is 51.9 Å². The molecule has 0 radical (unpaired) electrons. The summed E-state index contributed by atoms with van der Waals surface area (Å²) in [5, 5.41) is -0.0952. The number of imide groups is 1. The molecule has 0 N–H and O–H groups in total. The summed E-state index contributed by atoms with van der Waals surface area (Å²) in [6.07, 6.45) is 3.13. The Labute approximate surface area is 172 Å². The number of anilines is 1. The molecule has 0 fully saturated rings. The highest BCUT2D eigenvalue weighted by molar-refractivity contribution is 8.14. The number of ether oxygens (including phenoxy) is 1. The van der Waals surface area contributed by atoms with Gasteiger partial charge in [0.25, 0.3) is 11.8 Å². The van der Waals surface area contributed by atoms with E-state index in [0.29, 0.717) is 36.3 Å². The zero-order valence-corrected chi connectivity index (χ0v) is 17.0. The molecular weight excluding hydrogens is 402 g/mol. The standard InChI is InChI=1S/C20H20ClNO5S/c1-2-27-17(23)9-10-28-20(26)15-11-12(7-8-16(15)21)22-18(24)13-5-3-4-6-14(13)19(22)25/h7-8,11H,2-6,9-10H2,1H3. The van der Waals surface area contributed by atoms with Crippen LogP contribution in [-0.4, -0.2) is 35.3 Å². The molecule has 148 valence electrons. The van der Waals surface area contributed by atoms with Crippen LogP contribution in [0.5, 0.6) is 0 Å². The van der Waals surface area contributed by atoms with E-state index >= 15 is 0 Å². The summed E-state index contributed by atoms with van der Waals surface area (Å²) in [7, 11) is 0. The third kappa shape index (κ3) is 4.15. The van der Waals surface area contributed by atoms with Gasteiger partial charge in [0.05, 0.1) is 23.7 Å². The van der Waals surface area contributed by atoms with Gasteiger partial charge in [-0.25, -0.2) is 4.90 Å². The number of carbonyl (C=O) groups is 4. The maximum Gasteiger partial charge on any atom is 0.306 e. The van der Waals surface area contributed by atoms with Crippen LogP contribution in [0.25, 0.3) is 0 Å². The molecule has 2 aliphatic rings. The molecule has 1 aromatic rings. The first-order valence-corrected chi connectivity index (χ1v) is 10.5. The highest BCUT2D eigenvalue weighted by Crippen LogP contribution is 2.37. The lowest BCUT2D eigenvalue weighted by molar-refractivity contribution is -0.142. The van der Waals surface area contributed by atoms with Crippen LogP contribution in [0, 0.1) is 0 Å². The average Bonchev–Trinajstić information content (AvgIpc) is 2.93. The molecule has 28 heavy (non-hydrogen) atoms. The molecule has 8 heteroatoms. The quantitative estimate of drug-likeness (QED) is 0.511. The first-order chi connectivity index (χ1) is 13.4. The molecular formula is C20H20ClNO5S. The largest absolute Gasteiger partial charge is 0.466 e. The van der Waals surface area contributed by atoms with Crippen LogP contribution in [0.4, 0.5) is 5.69 Å². The van der Waals surface area contributed by atoms with E-state index in [4.69, 9.17) is 16.3 Å². The fraction of sp³-hybridized carbons (Fsp3) is 0.400. The molecule has 6 nitrogen and oxygen atoms in total. The zero-order chi connectivity index (χ0) is 20.3. The van der Waals surface area contributed by atoms with Crippen LogP contribution >= 0.6 is 23.4 Å². The summed E-state index contributed by atoms with van der Waals surface area (Å²) in [6.45, 7) is 2.01. The highest BCUT2D eigenvalue weighted by atomic mass is 35.5. The molecule has 0 saturated heterocycles. The summed E-state index contributed by atoms with van der Waals surface area (Å²) in [4.78, 5) is 50.4. The maximum atomic E-state index is 12.7. The number of rotatable bonds is 6. The van der Waals surface area contributed by atoms with Gasteiger partial charge in [0, 0.05) is 22.5 Å². The fourth-order valence-corrected chi connectivity index (χ4v) is 4.36. The summed E-state index contributed by atoms with van der Waals surface area (Å²) >= 11 is 7.11. The maximum absolute atomic E-state index is 12.7. The fourth-order valence-electron chi connectivity index (χ4n) is 3.32. The van der Waals surface area contributed by atoms with Crippen LogP contribution in [0.3, 0.4) is 0 Å². The van der Waals surface area contributed by atoms with E-state index in [-0.39, 0.29) is 45.7 Å². The molecule has 0 spiro atoms. The number of thioether (sulfide) groups is 1. The molecule has 0 saturated carbocycles. The number of nitrogens with zero attached hydrogens (tertiary/aromatic N) is 1. The van der Waals surface area contributed by atoms with E-state index in [9.17, 15) is 19.2 Å². The number of hydrogen-bond donors (Lipinski definition) is 0. The van der Waals surface area contributed by atoms with Gasteiger partial charge in [-0.15, -0.1) is 0 Å². The SMILES string of the molecule is CCOC(=O)CCSC(=O)c1cc(N2C(=O)C3=C(CCCC3)C2=O)ccc1Cl. The molecule has 1 aliphatic carbocycles. The molecule has 2 amide bonds. The van der Waals surface area contributed by atoms with Gasteiger partial charge in [-0.05, 0) is 50.8 Å². The minimum Gasteiger partial charge on any atom is -0.466 e. The Bertz CT molecular complexity index is 851. The number of halogens is 1. The van der Waals surface area contributed by atoms with Gasteiger partial charge in [-0.2, -0.15) is 0 Å². The van der Waals surface area contributed by atoms with Crippen molar-refractivity contribution in [3.05, 3.63) is 39.9 Å². The van der Waals surface area contributed by atoms with Gasteiger partial charge in [0.1, 0.15) is 0 Å². The second kappa shape index (κ2) is 8.92. The Morgan fingerprint density at radius 2 is 1.79 bits per heavy atom. The third-order valence-corrected chi connectivity index (χ3v) is 5.88. The Balaban J connectivity index is 1.75. The molecule has 3 rings (SSSR count). The lowest BCUT2D eigenvalue weighted by Gasteiger charge is -2.16. The first-order valence-electron chi connectivity index (χ1n) is 9.17. The monoisotopic (exact) mass is 421 g/mol. The molecule has 1 aromatic carbocycles. The predicted octanol–water partition coefficient (Wildman–Crippen LogP) is 3.91. The summed E-state index contributed by atoms with van der Waals surface area (Å²) in [5.74, 6) is -0.728. The van der Waals surface area contributed by atoms with E-state index in [1.807, 2.05) is 0 Å². The normalized spacial score (nSPS) is 16.4. The number of hydrogen-bond acceptors (Lipinski definition) is 6. The van der Waals surface area contributed by atoms with Crippen LogP contribution in [0.15, 0.2) is 29.3 Å². The first kappa shape index (κ1) is 20.6. The number of benzene rings is 1. The van der Waals surface area contributed by atoms with Gasteiger partial charge in [-0.1, -0.05) is 23.4 Å². The van der Waals surface area contributed by atoms with Gasteiger partial charge >= 0.3 is 5.97 Å². The van der Waals surface area contributed by atoms with Gasteiger partial charge < -0.3 is 4.74 Å². The van der Waals surface area contributed by atoms with Crippen molar-refractivity contribution < 1.29 is 23.9 Å². The van der Waals surface area contributed by atoms with Crippen LogP contribution in [0.2, 0.25) is 5.02 Å². The van der Waals surface area contributed by atoms with Gasteiger partial charge in [0.2, 0.25) is 5.12 Å². The number of esters is 1. The van der Waals surface area contributed by atoms with Crippen LogP contribution in [-0.2, 0) is 19.1 Å². The van der Waals surface area contributed by atoms with E-state index < -0.39 is 0 Å². The lowest BCUT2D eigenvalue weighted by atomic mass is 9.93. The van der Waals surface area contributed by atoms with E-state index in [1.54, 1.807) is 13.0 Å². The smallest absolute Gasteiger partial charge is 0.306 e. The minimum atomic E-state index is -0.368. The molecule has 0 atom stereocenters. The molecule has 1 aliphatic heterocycles. The Kier molecular flexibility index (Phi) is 6.57. The van der Waals surface area contributed by atoms with Crippen molar-refractivity contribution in [2.45, 2.75) is 39.0 Å². The van der Waals surface area contributed by atoms with E-state index in [1.165, 1.54) is 12.1 Å². The van der Waals surface area contributed by atoms with Gasteiger partial charge in [-0.3, -0.25) is 19.2 Å². The molecule has 1 heterocycles. The Hall–Kier alpha value is -2.12. The van der Waals surface area contributed by atoms with Crippen molar-refractivity contribution in [2.75, 3.05) is 17.3 Å². The predicted molar refractivity (Wildman–Crippen MR) is 107 cm³/mol. The Morgan fingerprint density at radius 1 is 1.14 bits per heavy atom. The summed E-state index contributed by atoms with van der Waals surface area (Å²) < 4.78 is 4.83. The van der Waals surface area contributed by atoms with Crippen molar-refractivity contribution in [3.8, 4) is 0 Å². The van der Waals surface area contributed by atoms with Crippen molar-refractivity contribution in [3.63, 3.8) is 0 Å². The van der Waals surface area contributed by atoms with Crippen molar-refractivity contribution in [2.24, 2.45) is 0 Å². The number of carbonyl (C=O) groups excluding carboxylic acids is 4. The summed E-state index contributed by atoms with van der Waals surface area (Å²) in [6, 6.07) is 4.54. The zero-order valence-electron chi connectivity index (χ0n) is 15.5. The molecule has 0 unspecified atom stereocenters. The second-order valence-corrected chi connectivity index (χ2v) is 7.94. The van der Waals surface area contributed by atoms with Crippen LogP contribution < -0.4 is 4.90 Å². The summed E-state index contributed by atoms with van der Waals surface area (Å²) in [5.41, 5.74) is 1.72. The third-order valence-electron chi connectivity index (χ3n) is 4.66. The lowest BCUT2D eigenvalue weighted by Crippen LogP contribution is -2.31. The van der Waals surface area contributed by atoms with Crippen LogP contribution in [0.1, 0.15) is 49.4 Å². The van der Waals surface area contributed by atoms with E-state index in [0.717, 1.165) is 29.5 Å². The van der Waals surface area contributed by atoms with Crippen molar-refractivity contribution in [1.29, 1.82) is 0 Å². The highest BCUT2D eigenvalue weighted by Gasteiger charge is 2.39. The van der Waals surface area contributed by atoms with Gasteiger partial charge in [0.15, 0.2) is 0 Å².